The van der Waals surface area contributed by atoms with Gasteiger partial charge in [0.1, 0.15) is 6.54 Å². The smallest absolute Gasteiger partial charge is 0.335 e. The zero-order valence-electron chi connectivity index (χ0n) is 27.1. The lowest BCUT2D eigenvalue weighted by Crippen LogP contribution is -2.41. The van der Waals surface area contributed by atoms with Crippen LogP contribution < -0.4 is 5.32 Å². The fourth-order valence-corrected chi connectivity index (χ4v) is 8.22. The molecule has 1 aliphatic heterocycles. The molecule has 244 valence electrons. The highest BCUT2D eigenvalue weighted by Gasteiger charge is 2.28. The summed E-state index contributed by atoms with van der Waals surface area (Å²) in [5.74, 6) is -0.736. The number of ether oxygens (including phenoxy) is 1. The van der Waals surface area contributed by atoms with E-state index in [1.165, 1.54) is 12.0 Å². The number of carboxylic acid groups (broad SMARTS) is 1. The van der Waals surface area contributed by atoms with E-state index in [0.717, 1.165) is 113 Å². The van der Waals surface area contributed by atoms with Gasteiger partial charge < -0.3 is 19.7 Å². The van der Waals surface area contributed by atoms with Crippen LogP contribution in [-0.4, -0.2) is 75.8 Å². The van der Waals surface area contributed by atoms with Crippen molar-refractivity contribution in [1.82, 2.24) is 24.8 Å². The Kier molecular flexibility index (Phi) is 9.07. The molecule has 0 unspecified atom stereocenters. The SMILES string of the molecule is Cc1nc(C)c(-c2ccc3cc(-c4c(C5CCCCC5)c5ccc(C(=O)O)cc5n4CC(=O)NCCN4CCOCC4)ccc3n2)s1. The van der Waals surface area contributed by atoms with Crippen LogP contribution in [0, 0.1) is 13.8 Å². The standard InChI is InChI=1S/C37H41N5O4S/c1-23-36(47-24(2)39-23)31-13-9-26-20-27(10-12-30(26)40-31)35-34(25-6-4-3-5-7-25)29-11-8-28(37(44)45)21-32(29)42(35)22-33(43)38-14-15-41-16-18-46-19-17-41/h8-13,20-21,25H,3-7,14-19,22H2,1-2H3,(H,38,43)(H,44,45). The van der Waals surface area contributed by atoms with E-state index in [-0.39, 0.29) is 18.0 Å². The number of morpholine rings is 1. The van der Waals surface area contributed by atoms with E-state index >= 15 is 0 Å². The summed E-state index contributed by atoms with van der Waals surface area (Å²) in [6, 6.07) is 15.9. The lowest BCUT2D eigenvalue weighted by molar-refractivity contribution is -0.121. The van der Waals surface area contributed by atoms with Gasteiger partial charge in [0.25, 0.3) is 0 Å². The van der Waals surface area contributed by atoms with Crippen LogP contribution >= 0.6 is 11.3 Å². The Hall–Kier alpha value is -4.12. The molecule has 10 heteroatoms. The second kappa shape index (κ2) is 13.5. The summed E-state index contributed by atoms with van der Waals surface area (Å²) >= 11 is 1.66. The number of carboxylic acids is 1. The van der Waals surface area contributed by atoms with Gasteiger partial charge in [0.15, 0.2) is 0 Å². The zero-order valence-corrected chi connectivity index (χ0v) is 27.9. The Bertz CT molecular complexity index is 1950. The van der Waals surface area contributed by atoms with Crippen molar-refractivity contribution in [2.45, 2.75) is 58.4 Å². The van der Waals surface area contributed by atoms with Crippen LogP contribution in [0.25, 0.3) is 43.6 Å². The number of thiazole rings is 1. The molecule has 2 aromatic carbocycles. The van der Waals surface area contributed by atoms with Gasteiger partial charge in [0.05, 0.1) is 56.8 Å². The van der Waals surface area contributed by atoms with Crippen LogP contribution in [0.15, 0.2) is 48.5 Å². The van der Waals surface area contributed by atoms with Gasteiger partial charge in [-0.2, -0.15) is 0 Å². The number of pyridine rings is 1. The Balaban J connectivity index is 1.31. The molecule has 1 aliphatic carbocycles. The third-order valence-corrected chi connectivity index (χ3v) is 10.7. The van der Waals surface area contributed by atoms with Gasteiger partial charge in [-0.15, -0.1) is 11.3 Å². The summed E-state index contributed by atoms with van der Waals surface area (Å²) in [5.41, 5.74) is 7.03. The van der Waals surface area contributed by atoms with E-state index < -0.39 is 5.97 Å². The Labute approximate surface area is 278 Å². The molecule has 1 saturated heterocycles. The van der Waals surface area contributed by atoms with Crippen molar-refractivity contribution in [2.24, 2.45) is 0 Å². The summed E-state index contributed by atoms with van der Waals surface area (Å²) in [6.07, 6.45) is 5.69. The second-order valence-electron chi connectivity index (χ2n) is 12.8. The van der Waals surface area contributed by atoms with Gasteiger partial charge in [-0.3, -0.25) is 9.69 Å². The largest absolute Gasteiger partial charge is 0.478 e. The Morgan fingerprint density at radius 3 is 2.55 bits per heavy atom. The van der Waals surface area contributed by atoms with Crippen LogP contribution in [0.3, 0.4) is 0 Å². The van der Waals surface area contributed by atoms with Gasteiger partial charge >= 0.3 is 5.97 Å². The maximum absolute atomic E-state index is 13.6. The minimum absolute atomic E-state index is 0.0883. The number of aromatic carboxylic acids is 1. The van der Waals surface area contributed by atoms with Crippen molar-refractivity contribution in [2.75, 3.05) is 39.4 Å². The molecule has 4 heterocycles. The molecule has 1 saturated carbocycles. The molecule has 2 N–H and O–H groups in total. The van der Waals surface area contributed by atoms with Crippen molar-refractivity contribution in [3.8, 4) is 21.8 Å². The van der Waals surface area contributed by atoms with E-state index in [1.807, 2.05) is 19.9 Å². The molecule has 2 fully saturated rings. The average molecular weight is 652 g/mol. The van der Waals surface area contributed by atoms with Crippen molar-refractivity contribution >= 4 is 45.0 Å². The van der Waals surface area contributed by atoms with Crippen molar-refractivity contribution < 1.29 is 19.4 Å². The van der Waals surface area contributed by atoms with Crippen LogP contribution in [-0.2, 0) is 16.1 Å². The molecule has 1 amide bonds. The van der Waals surface area contributed by atoms with Crippen molar-refractivity contribution in [3.05, 3.63) is 70.4 Å². The minimum Gasteiger partial charge on any atom is -0.478 e. The highest BCUT2D eigenvalue weighted by Crippen LogP contribution is 2.45. The van der Waals surface area contributed by atoms with Gasteiger partial charge in [0.2, 0.25) is 5.91 Å². The van der Waals surface area contributed by atoms with Gasteiger partial charge in [-0.1, -0.05) is 37.5 Å². The number of nitrogens with zero attached hydrogens (tertiary/aromatic N) is 4. The topological polar surface area (TPSA) is 110 Å². The molecule has 2 aliphatic rings. The van der Waals surface area contributed by atoms with Crippen LogP contribution in [0.4, 0.5) is 0 Å². The summed E-state index contributed by atoms with van der Waals surface area (Å²) in [6.45, 7) is 8.63. The van der Waals surface area contributed by atoms with Gasteiger partial charge in [-0.05, 0) is 74.1 Å². The molecule has 0 bridgehead atoms. The summed E-state index contributed by atoms with van der Waals surface area (Å²) in [5, 5.41) is 16.1. The molecule has 9 nitrogen and oxygen atoms in total. The fourth-order valence-electron chi connectivity index (χ4n) is 7.34. The predicted octanol–water partition coefficient (Wildman–Crippen LogP) is 6.79. The first-order valence-electron chi connectivity index (χ1n) is 16.7. The van der Waals surface area contributed by atoms with E-state index in [2.05, 4.69) is 50.1 Å². The second-order valence-corrected chi connectivity index (χ2v) is 14.0. The van der Waals surface area contributed by atoms with Gasteiger partial charge in [-0.25, -0.2) is 14.8 Å². The van der Waals surface area contributed by atoms with Crippen molar-refractivity contribution in [1.29, 1.82) is 0 Å². The average Bonchev–Trinajstić information content (AvgIpc) is 3.60. The number of benzene rings is 2. The quantitative estimate of drug-likeness (QED) is 0.181. The summed E-state index contributed by atoms with van der Waals surface area (Å²) < 4.78 is 7.52. The summed E-state index contributed by atoms with van der Waals surface area (Å²) in [4.78, 5) is 38.7. The number of hydrogen-bond acceptors (Lipinski definition) is 7. The molecule has 7 rings (SSSR count). The lowest BCUT2D eigenvalue weighted by Gasteiger charge is -2.26. The molecule has 47 heavy (non-hydrogen) atoms. The Morgan fingerprint density at radius 2 is 1.81 bits per heavy atom. The Morgan fingerprint density at radius 1 is 1.00 bits per heavy atom. The van der Waals surface area contributed by atoms with Crippen LogP contribution in [0.2, 0.25) is 0 Å². The van der Waals surface area contributed by atoms with E-state index in [9.17, 15) is 14.7 Å². The molecular weight excluding hydrogens is 611 g/mol. The molecule has 0 spiro atoms. The number of aryl methyl sites for hydroxylation is 2. The van der Waals surface area contributed by atoms with Crippen molar-refractivity contribution in [3.63, 3.8) is 0 Å². The number of nitrogens with one attached hydrogen (secondary N) is 1. The molecular formula is C37H41N5O4S. The lowest BCUT2D eigenvalue weighted by atomic mass is 9.81. The predicted molar refractivity (Wildman–Crippen MR) is 186 cm³/mol. The number of hydrogen-bond donors (Lipinski definition) is 2. The highest BCUT2D eigenvalue weighted by atomic mass is 32.1. The zero-order chi connectivity index (χ0) is 32.5. The number of rotatable bonds is 9. The van der Waals surface area contributed by atoms with Gasteiger partial charge in [0, 0.05) is 37.0 Å². The molecule has 3 aromatic heterocycles. The van der Waals surface area contributed by atoms with E-state index in [0.29, 0.717) is 12.5 Å². The van der Waals surface area contributed by atoms with E-state index in [4.69, 9.17) is 9.72 Å². The number of amides is 1. The maximum atomic E-state index is 13.6. The molecule has 0 atom stereocenters. The molecule has 0 radical (unpaired) electrons. The van der Waals surface area contributed by atoms with Crippen LogP contribution in [0.1, 0.15) is 64.6 Å². The summed E-state index contributed by atoms with van der Waals surface area (Å²) in [7, 11) is 0. The normalized spacial score (nSPS) is 16.2. The number of aromatic nitrogens is 3. The fraction of sp³-hybridized carbons (Fsp3) is 0.405. The maximum Gasteiger partial charge on any atom is 0.335 e. The third-order valence-electron chi connectivity index (χ3n) is 9.62. The van der Waals surface area contributed by atoms with E-state index in [1.54, 1.807) is 23.5 Å². The first kappa shape index (κ1) is 31.5. The third kappa shape index (κ3) is 6.54. The first-order valence-corrected chi connectivity index (χ1v) is 17.5. The number of fused-ring (bicyclic) bond motifs is 2. The number of carbonyl (C=O) groups is 2. The highest BCUT2D eigenvalue weighted by molar-refractivity contribution is 7.15. The first-order chi connectivity index (χ1) is 22.9. The number of carbonyl (C=O) groups excluding carboxylic acids is 1. The monoisotopic (exact) mass is 651 g/mol. The minimum atomic E-state index is -0.977. The van der Waals surface area contributed by atoms with Crippen LogP contribution in [0.5, 0.6) is 0 Å². The molecule has 5 aromatic rings.